The van der Waals surface area contributed by atoms with Gasteiger partial charge >= 0.3 is 5.97 Å². The van der Waals surface area contributed by atoms with Crippen LogP contribution in [0.1, 0.15) is 26.7 Å². The molecule has 1 amide bonds. The van der Waals surface area contributed by atoms with Crippen molar-refractivity contribution in [1.29, 1.82) is 0 Å². The first kappa shape index (κ1) is 17.5. The zero-order valence-corrected chi connectivity index (χ0v) is 13.7. The van der Waals surface area contributed by atoms with Gasteiger partial charge in [-0.15, -0.1) is 0 Å². The second-order valence-electron chi connectivity index (χ2n) is 5.14. The van der Waals surface area contributed by atoms with Crippen LogP contribution < -0.4 is 10.1 Å². The van der Waals surface area contributed by atoms with E-state index in [0.717, 1.165) is 4.47 Å². The van der Waals surface area contributed by atoms with Crippen LogP contribution in [0.2, 0.25) is 0 Å². The smallest absolute Gasteiger partial charge is 0.326 e. The summed E-state index contributed by atoms with van der Waals surface area (Å²) >= 11 is 3.32. The lowest BCUT2D eigenvalue weighted by Gasteiger charge is -2.16. The summed E-state index contributed by atoms with van der Waals surface area (Å²) in [5.41, 5.74) is 0. The summed E-state index contributed by atoms with van der Waals surface area (Å²) in [6, 6.07) is 6.43. The Bertz CT molecular complexity index is 473. The van der Waals surface area contributed by atoms with Gasteiger partial charge in [-0.25, -0.2) is 4.79 Å². The molecule has 0 saturated heterocycles. The van der Waals surface area contributed by atoms with E-state index >= 15 is 0 Å². The molecular formula is C15H20BrNO4. The zero-order chi connectivity index (χ0) is 15.8. The number of nitrogens with one attached hydrogen (secondary N) is 1. The lowest BCUT2D eigenvalue weighted by molar-refractivity contribution is -0.142. The average Bonchev–Trinajstić information content (AvgIpc) is 2.39. The third-order valence-corrected chi connectivity index (χ3v) is 3.28. The predicted octanol–water partition coefficient (Wildman–Crippen LogP) is 2.83. The second kappa shape index (κ2) is 8.67. The van der Waals surface area contributed by atoms with E-state index in [1.807, 2.05) is 26.0 Å². The van der Waals surface area contributed by atoms with Crippen molar-refractivity contribution in [3.05, 3.63) is 28.7 Å². The highest BCUT2D eigenvalue weighted by atomic mass is 79.9. The summed E-state index contributed by atoms with van der Waals surface area (Å²) in [5.74, 6) is -0.459. The van der Waals surface area contributed by atoms with Gasteiger partial charge < -0.3 is 15.2 Å². The van der Waals surface area contributed by atoms with Crippen LogP contribution in [0, 0.1) is 5.92 Å². The molecule has 0 radical (unpaired) electrons. The molecule has 0 spiro atoms. The third-order valence-electron chi connectivity index (χ3n) is 2.75. The maximum Gasteiger partial charge on any atom is 0.326 e. The first-order valence-corrected chi connectivity index (χ1v) is 7.58. The Morgan fingerprint density at radius 1 is 1.29 bits per heavy atom. The molecule has 0 heterocycles. The maximum absolute atomic E-state index is 11.7. The summed E-state index contributed by atoms with van der Waals surface area (Å²) in [4.78, 5) is 22.8. The molecule has 1 aromatic rings. The van der Waals surface area contributed by atoms with Crippen LogP contribution in [0.25, 0.3) is 0 Å². The molecule has 1 unspecified atom stereocenters. The maximum atomic E-state index is 11.7. The van der Waals surface area contributed by atoms with Gasteiger partial charge in [-0.05, 0) is 36.6 Å². The number of carbonyl (C=O) groups excluding carboxylic acids is 1. The van der Waals surface area contributed by atoms with Crippen molar-refractivity contribution in [3.63, 3.8) is 0 Å². The summed E-state index contributed by atoms with van der Waals surface area (Å²) in [7, 11) is 0. The standard InChI is InChI=1S/C15H20BrNO4/c1-10(2)9-13(15(19)20)17-14(18)7-8-21-12-5-3-11(16)4-6-12/h3-6,10,13H,7-9H2,1-2H3,(H,17,18)(H,19,20). The molecule has 2 N–H and O–H groups in total. The molecule has 116 valence electrons. The number of aliphatic carboxylic acids is 1. The Labute approximate surface area is 132 Å². The monoisotopic (exact) mass is 357 g/mol. The van der Waals surface area contributed by atoms with E-state index < -0.39 is 12.0 Å². The van der Waals surface area contributed by atoms with E-state index in [0.29, 0.717) is 12.2 Å². The number of carboxylic acids is 1. The number of amides is 1. The molecule has 0 aromatic heterocycles. The van der Waals surface area contributed by atoms with Crippen LogP contribution in [0.3, 0.4) is 0 Å². The van der Waals surface area contributed by atoms with Gasteiger partial charge in [0.15, 0.2) is 0 Å². The van der Waals surface area contributed by atoms with Crippen molar-refractivity contribution in [2.45, 2.75) is 32.7 Å². The van der Waals surface area contributed by atoms with Crippen molar-refractivity contribution >= 4 is 27.8 Å². The van der Waals surface area contributed by atoms with Crippen LogP contribution in [-0.4, -0.2) is 29.6 Å². The van der Waals surface area contributed by atoms with E-state index in [-0.39, 0.29) is 24.9 Å². The van der Waals surface area contributed by atoms with Gasteiger partial charge in [0.05, 0.1) is 13.0 Å². The van der Waals surface area contributed by atoms with Gasteiger partial charge in [-0.1, -0.05) is 29.8 Å². The minimum atomic E-state index is -1.01. The molecule has 1 aromatic carbocycles. The molecule has 0 aliphatic carbocycles. The van der Waals surface area contributed by atoms with Crippen LogP contribution >= 0.6 is 15.9 Å². The van der Waals surface area contributed by atoms with Gasteiger partial charge in [-0.3, -0.25) is 4.79 Å². The summed E-state index contributed by atoms with van der Waals surface area (Å²) < 4.78 is 6.38. The van der Waals surface area contributed by atoms with Gasteiger partial charge in [0, 0.05) is 4.47 Å². The fourth-order valence-corrected chi connectivity index (χ4v) is 2.02. The largest absolute Gasteiger partial charge is 0.493 e. The van der Waals surface area contributed by atoms with Crippen LogP contribution in [-0.2, 0) is 9.59 Å². The highest BCUT2D eigenvalue weighted by Crippen LogP contribution is 2.16. The number of benzene rings is 1. The lowest BCUT2D eigenvalue weighted by atomic mass is 10.0. The van der Waals surface area contributed by atoms with E-state index in [4.69, 9.17) is 9.84 Å². The van der Waals surface area contributed by atoms with E-state index in [2.05, 4.69) is 21.2 Å². The number of rotatable bonds is 8. The van der Waals surface area contributed by atoms with Crippen molar-refractivity contribution < 1.29 is 19.4 Å². The molecule has 5 nitrogen and oxygen atoms in total. The number of halogens is 1. The second-order valence-corrected chi connectivity index (χ2v) is 6.06. The third kappa shape index (κ3) is 7.13. The number of hydrogen-bond acceptors (Lipinski definition) is 3. The first-order chi connectivity index (χ1) is 9.88. The first-order valence-electron chi connectivity index (χ1n) is 6.79. The van der Waals surface area contributed by atoms with Crippen molar-refractivity contribution in [2.75, 3.05) is 6.61 Å². The lowest BCUT2D eigenvalue weighted by Crippen LogP contribution is -2.42. The van der Waals surface area contributed by atoms with Gasteiger partial charge in [0.2, 0.25) is 5.91 Å². The number of hydrogen-bond donors (Lipinski definition) is 2. The van der Waals surface area contributed by atoms with E-state index in [1.54, 1.807) is 12.1 Å². The molecule has 0 bridgehead atoms. The fourth-order valence-electron chi connectivity index (χ4n) is 1.75. The zero-order valence-electron chi connectivity index (χ0n) is 12.1. The highest BCUT2D eigenvalue weighted by molar-refractivity contribution is 9.10. The SMILES string of the molecule is CC(C)CC(NC(=O)CCOc1ccc(Br)cc1)C(=O)O. The topological polar surface area (TPSA) is 75.6 Å². The number of ether oxygens (including phenoxy) is 1. The molecular weight excluding hydrogens is 338 g/mol. The van der Waals surface area contributed by atoms with Gasteiger partial charge in [0.25, 0.3) is 0 Å². The summed E-state index contributed by atoms with van der Waals surface area (Å²) in [6.07, 6.45) is 0.534. The summed E-state index contributed by atoms with van der Waals surface area (Å²) in [6.45, 7) is 4.04. The van der Waals surface area contributed by atoms with Gasteiger partial charge in [-0.2, -0.15) is 0 Å². The van der Waals surface area contributed by atoms with E-state index in [9.17, 15) is 9.59 Å². The molecule has 1 atom stereocenters. The van der Waals surface area contributed by atoms with Gasteiger partial charge in [0.1, 0.15) is 11.8 Å². The Morgan fingerprint density at radius 2 is 1.90 bits per heavy atom. The number of carbonyl (C=O) groups is 2. The normalized spacial score (nSPS) is 12.0. The fraction of sp³-hybridized carbons (Fsp3) is 0.467. The van der Waals surface area contributed by atoms with E-state index in [1.165, 1.54) is 0 Å². The molecule has 1 rings (SSSR count). The van der Waals surface area contributed by atoms with Crippen molar-refractivity contribution in [3.8, 4) is 5.75 Å². The molecule has 21 heavy (non-hydrogen) atoms. The predicted molar refractivity (Wildman–Crippen MR) is 83.3 cm³/mol. The Morgan fingerprint density at radius 3 is 2.43 bits per heavy atom. The molecule has 0 aliphatic heterocycles. The Balaban J connectivity index is 2.35. The Kier molecular flexibility index (Phi) is 7.22. The molecule has 0 aliphatic rings. The quantitative estimate of drug-likeness (QED) is 0.749. The Hall–Kier alpha value is -1.56. The minimum absolute atomic E-state index is 0.123. The van der Waals surface area contributed by atoms with Crippen molar-refractivity contribution in [2.24, 2.45) is 5.92 Å². The highest BCUT2D eigenvalue weighted by Gasteiger charge is 2.20. The molecule has 6 heteroatoms. The number of carboxylic acid groups (broad SMARTS) is 1. The molecule has 0 saturated carbocycles. The van der Waals surface area contributed by atoms with Crippen molar-refractivity contribution in [1.82, 2.24) is 5.32 Å². The summed E-state index contributed by atoms with van der Waals surface area (Å²) in [5, 5.41) is 11.6. The minimum Gasteiger partial charge on any atom is -0.493 e. The average molecular weight is 358 g/mol. The van der Waals surface area contributed by atoms with Crippen LogP contribution in [0.15, 0.2) is 28.7 Å². The molecule has 0 fully saturated rings. The van der Waals surface area contributed by atoms with Crippen LogP contribution in [0.5, 0.6) is 5.75 Å². The van der Waals surface area contributed by atoms with Crippen LogP contribution in [0.4, 0.5) is 0 Å².